The summed E-state index contributed by atoms with van der Waals surface area (Å²) in [6.07, 6.45) is 0.719. The molecule has 0 bridgehead atoms. The van der Waals surface area contributed by atoms with Gasteiger partial charge in [0.25, 0.3) is 0 Å². The summed E-state index contributed by atoms with van der Waals surface area (Å²) in [7, 11) is -1.66. The number of rotatable bonds is 8. The van der Waals surface area contributed by atoms with Crippen LogP contribution in [0.15, 0.2) is 29.2 Å². The van der Waals surface area contributed by atoms with E-state index in [-0.39, 0.29) is 18.0 Å². The van der Waals surface area contributed by atoms with Gasteiger partial charge in [0.05, 0.1) is 11.5 Å². The Morgan fingerprint density at radius 1 is 1.21 bits per heavy atom. The van der Waals surface area contributed by atoms with E-state index in [1.54, 1.807) is 24.3 Å². The Kier molecular flexibility index (Phi) is 6.44. The topological polar surface area (TPSA) is 69.6 Å². The lowest BCUT2D eigenvalue weighted by atomic mass is 10.2. The standard InChI is InChI=1S/C13H22N2O3S/c1-3-8-15(9-10-16)19(17,18)13-6-4-12(5-7-13)11-14-2/h4-7,14,16H,3,8-11H2,1-2H3. The highest BCUT2D eigenvalue weighted by Gasteiger charge is 2.22. The Morgan fingerprint density at radius 3 is 2.32 bits per heavy atom. The number of benzene rings is 1. The average molecular weight is 286 g/mol. The normalized spacial score (nSPS) is 12.0. The summed E-state index contributed by atoms with van der Waals surface area (Å²) in [5.74, 6) is 0. The SMILES string of the molecule is CCCN(CCO)S(=O)(=O)c1ccc(CNC)cc1. The minimum atomic E-state index is -3.50. The fraction of sp³-hybridized carbons (Fsp3) is 0.538. The molecule has 0 fully saturated rings. The first kappa shape index (κ1) is 16.1. The molecule has 1 aromatic carbocycles. The second-order valence-corrected chi connectivity index (χ2v) is 6.24. The van der Waals surface area contributed by atoms with Gasteiger partial charge >= 0.3 is 0 Å². The average Bonchev–Trinajstić information content (AvgIpc) is 2.39. The van der Waals surface area contributed by atoms with E-state index in [2.05, 4.69) is 5.32 Å². The Balaban J connectivity index is 2.96. The molecule has 0 aliphatic heterocycles. The summed E-state index contributed by atoms with van der Waals surface area (Å²) < 4.78 is 26.1. The molecular weight excluding hydrogens is 264 g/mol. The zero-order chi connectivity index (χ0) is 14.3. The van der Waals surface area contributed by atoms with E-state index < -0.39 is 10.0 Å². The minimum Gasteiger partial charge on any atom is -0.395 e. The van der Waals surface area contributed by atoms with Crippen molar-refractivity contribution in [2.24, 2.45) is 0 Å². The highest BCUT2D eigenvalue weighted by atomic mass is 32.2. The number of hydrogen-bond donors (Lipinski definition) is 2. The van der Waals surface area contributed by atoms with Gasteiger partial charge in [-0.2, -0.15) is 4.31 Å². The van der Waals surface area contributed by atoms with Crippen LogP contribution in [0.1, 0.15) is 18.9 Å². The predicted molar refractivity (Wildman–Crippen MR) is 75.3 cm³/mol. The van der Waals surface area contributed by atoms with E-state index in [4.69, 9.17) is 5.11 Å². The Hall–Kier alpha value is -0.950. The van der Waals surface area contributed by atoms with Crippen molar-refractivity contribution in [2.75, 3.05) is 26.7 Å². The molecule has 0 saturated carbocycles. The van der Waals surface area contributed by atoms with Crippen LogP contribution in [0.5, 0.6) is 0 Å². The van der Waals surface area contributed by atoms with Crippen molar-refractivity contribution in [1.82, 2.24) is 9.62 Å². The van der Waals surface area contributed by atoms with Gasteiger partial charge in [0.15, 0.2) is 0 Å². The molecule has 0 amide bonds. The molecule has 108 valence electrons. The van der Waals surface area contributed by atoms with E-state index >= 15 is 0 Å². The number of nitrogens with zero attached hydrogens (tertiary/aromatic N) is 1. The van der Waals surface area contributed by atoms with Crippen molar-refractivity contribution in [2.45, 2.75) is 24.8 Å². The maximum Gasteiger partial charge on any atom is 0.243 e. The zero-order valence-electron chi connectivity index (χ0n) is 11.5. The fourth-order valence-corrected chi connectivity index (χ4v) is 3.37. The Morgan fingerprint density at radius 2 is 1.84 bits per heavy atom. The van der Waals surface area contributed by atoms with Crippen LogP contribution in [-0.4, -0.2) is 44.6 Å². The van der Waals surface area contributed by atoms with E-state index in [0.29, 0.717) is 13.1 Å². The van der Waals surface area contributed by atoms with Crippen LogP contribution in [0.4, 0.5) is 0 Å². The van der Waals surface area contributed by atoms with Crippen LogP contribution in [0, 0.1) is 0 Å². The minimum absolute atomic E-state index is 0.133. The third-order valence-corrected chi connectivity index (χ3v) is 4.68. The van der Waals surface area contributed by atoms with Crippen LogP contribution in [0.25, 0.3) is 0 Å². The Bertz CT molecular complexity index is 465. The first-order chi connectivity index (χ1) is 9.06. The largest absolute Gasteiger partial charge is 0.395 e. The van der Waals surface area contributed by atoms with Gasteiger partial charge in [-0.1, -0.05) is 19.1 Å². The predicted octanol–water partition coefficient (Wildman–Crippen LogP) is 0.799. The second-order valence-electron chi connectivity index (χ2n) is 4.30. The number of aliphatic hydroxyl groups is 1. The third kappa shape index (κ3) is 4.28. The van der Waals surface area contributed by atoms with E-state index in [0.717, 1.165) is 12.0 Å². The molecule has 0 atom stereocenters. The van der Waals surface area contributed by atoms with Gasteiger partial charge in [0, 0.05) is 19.6 Å². The molecule has 6 heteroatoms. The molecule has 0 spiro atoms. The van der Waals surface area contributed by atoms with Crippen LogP contribution >= 0.6 is 0 Å². The molecule has 0 aliphatic rings. The molecule has 0 aliphatic carbocycles. The van der Waals surface area contributed by atoms with Crippen molar-refractivity contribution in [3.05, 3.63) is 29.8 Å². The molecular formula is C13H22N2O3S. The second kappa shape index (κ2) is 7.59. The highest BCUT2D eigenvalue weighted by Crippen LogP contribution is 2.16. The quantitative estimate of drug-likeness (QED) is 0.741. The van der Waals surface area contributed by atoms with Crippen LogP contribution in [0.3, 0.4) is 0 Å². The maximum atomic E-state index is 12.4. The lowest BCUT2D eigenvalue weighted by molar-refractivity contribution is 0.253. The van der Waals surface area contributed by atoms with Gasteiger partial charge in [-0.3, -0.25) is 0 Å². The molecule has 1 rings (SSSR count). The molecule has 0 saturated heterocycles. The number of sulfonamides is 1. The third-order valence-electron chi connectivity index (χ3n) is 2.76. The summed E-state index contributed by atoms with van der Waals surface area (Å²) in [5, 5.41) is 12.0. The van der Waals surface area contributed by atoms with Crippen LogP contribution in [-0.2, 0) is 16.6 Å². The van der Waals surface area contributed by atoms with Crippen molar-refractivity contribution in [3.8, 4) is 0 Å². The van der Waals surface area contributed by atoms with Crippen LogP contribution < -0.4 is 5.32 Å². The summed E-state index contributed by atoms with van der Waals surface area (Å²) in [5.41, 5.74) is 1.03. The first-order valence-corrected chi connectivity index (χ1v) is 7.84. The molecule has 0 unspecified atom stereocenters. The molecule has 0 heterocycles. The number of hydrogen-bond acceptors (Lipinski definition) is 4. The van der Waals surface area contributed by atoms with Gasteiger partial charge in [0.2, 0.25) is 10.0 Å². The number of aliphatic hydroxyl groups excluding tert-OH is 1. The number of nitrogens with one attached hydrogen (secondary N) is 1. The zero-order valence-corrected chi connectivity index (χ0v) is 12.3. The summed E-state index contributed by atoms with van der Waals surface area (Å²) in [4.78, 5) is 0.272. The lowest BCUT2D eigenvalue weighted by Gasteiger charge is -2.20. The van der Waals surface area contributed by atoms with E-state index in [1.165, 1.54) is 4.31 Å². The maximum absolute atomic E-state index is 12.4. The van der Waals surface area contributed by atoms with Crippen LogP contribution in [0.2, 0.25) is 0 Å². The van der Waals surface area contributed by atoms with Crippen molar-refractivity contribution in [1.29, 1.82) is 0 Å². The van der Waals surface area contributed by atoms with Crippen molar-refractivity contribution < 1.29 is 13.5 Å². The molecule has 1 aromatic rings. The van der Waals surface area contributed by atoms with Gasteiger partial charge in [-0.15, -0.1) is 0 Å². The lowest BCUT2D eigenvalue weighted by Crippen LogP contribution is -2.34. The summed E-state index contributed by atoms with van der Waals surface area (Å²) >= 11 is 0. The highest BCUT2D eigenvalue weighted by molar-refractivity contribution is 7.89. The smallest absolute Gasteiger partial charge is 0.243 e. The molecule has 0 aromatic heterocycles. The molecule has 19 heavy (non-hydrogen) atoms. The van der Waals surface area contributed by atoms with Crippen molar-refractivity contribution in [3.63, 3.8) is 0 Å². The molecule has 2 N–H and O–H groups in total. The molecule has 5 nitrogen and oxygen atoms in total. The first-order valence-electron chi connectivity index (χ1n) is 6.40. The Labute approximate surface area is 115 Å². The van der Waals surface area contributed by atoms with Gasteiger partial charge in [-0.25, -0.2) is 8.42 Å². The summed E-state index contributed by atoms with van der Waals surface area (Å²) in [6, 6.07) is 6.82. The summed E-state index contributed by atoms with van der Waals surface area (Å²) in [6.45, 7) is 3.00. The fourth-order valence-electron chi connectivity index (χ4n) is 1.85. The van der Waals surface area contributed by atoms with E-state index in [1.807, 2.05) is 14.0 Å². The van der Waals surface area contributed by atoms with Crippen molar-refractivity contribution >= 4 is 10.0 Å². The van der Waals surface area contributed by atoms with Gasteiger partial charge < -0.3 is 10.4 Å². The monoisotopic (exact) mass is 286 g/mol. The molecule has 0 radical (unpaired) electrons. The van der Waals surface area contributed by atoms with Gasteiger partial charge in [-0.05, 0) is 31.2 Å². The van der Waals surface area contributed by atoms with E-state index in [9.17, 15) is 8.42 Å². The van der Waals surface area contributed by atoms with Gasteiger partial charge in [0.1, 0.15) is 0 Å².